The van der Waals surface area contributed by atoms with Gasteiger partial charge in [-0.15, -0.1) is 0 Å². The first-order valence-electron chi connectivity index (χ1n) is 6.57. The summed E-state index contributed by atoms with van der Waals surface area (Å²) < 4.78 is 21.2. The molecule has 0 bridgehead atoms. The molecule has 6 heteroatoms. The van der Waals surface area contributed by atoms with E-state index in [1.54, 1.807) is 6.66 Å². The van der Waals surface area contributed by atoms with E-state index in [2.05, 4.69) is 43.6 Å². The highest BCUT2D eigenvalue weighted by atomic mass is 31.2. The first-order valence-corrected chi connectivity index (χ1v) is 15.5. The van der Waals surface area contributed by atoms with Gasteiger partial charge in [-0.25, -0.2) is 0 Å². The van der Waals surface area contributed by atoms with E-state index in [1.807, 2.05) is 30.3 Å². The van der Waals surface area contributed by atoms with E-state index < -0.39 is 24.1 Å². The third kappa shape index (κ3) is 4.91. The van der Waals surface area contributed by atoms with Crippen molar-refractivity contribution < 1.29 is 8.78 Å². The monoisotopic (exact) mass is 315 g/mol. The minimum atomic E-state index is -2.81. The Kier molecular flexibility index (Phi) is 4.89. The van der Waals surface area contributed by atoms with Gasteiger partial charge in [0.15, 0.2) is 16.6 Å². The van der Waals surface area contributed by atoms with E-state index in [1.165, 1.54) is 0 Å². The maximum Gasteiger partial charge on any atom is 0.276 e. The minimum absolute atomic E-state index is 1.01. The molecule has 0 aliphatic heterocycles. The molecule has 0 aliphatic rings. The standard InChI is InChI=1S/C13H26NO2PSi2/c1-17(15,16-19(5,6)7)14(18(2,3)4)13-11-9-8-10-12-13/h8-12H,1-7H3. The van der Waals surface area contributed by atoms with Crippen LogP contribution in [0.2, 0.25) is 39.3 Å². The molecule has 0 saturated heterocycles. The van der Waals surface area contributed by atoms with Crippen molar-refractivity contribution in [2.24, 2.45) is 0 Å². The van der Waals surface area contributed by atoms with Crippen LogP contribution in [0.1, 0.15) is 0 Å². The van der Waals surface area contributed by atoms with Gasteiger partial charge in [0.05, 0.1) is 0 Å². The van der Waals surface area contributed by atoms with Crippen LogP contribution in [-0.2, 0) is 8.78 Å². The molecule has 3 nitrogen and oxygen atoms in total. The van der Waals surface area contributed by atoms with Crippen LogP contribution in [0.3, 0.4) is 0 Å². The Hall–Kier alpha value is -0.356. The van der Waals surface area contributed by atoms with Crippen molar-refractivity contribution in [1.82, 2.24) is 0 Å². The highest BCUT2D eigenvalue weighted by Gasteiger charge is 2.39. The number of rotatable bonds is 5. The molecule has 0 saturated carbocycles. The number of anilines is 1. The molecule has 0 N–H and O–H groups in total. The van der Waals surface area contributed by atoms with Gasteiger partial charge in [-0.3, -0.25) is 4.57 Å². The lowest BCUT2D eigenvalue weighted by atomic mass is 10.3. The molecule has 0 spiro atoms. The fourth-order valence-corrected chi connectivity index (χ4v) is 12.9. The van der Waals surface area contributed by atoms with Crippen molar-refractivity contribution >= 4 is 29.8 Å². The lowest BCUT2D eigenvalue weighted by Gasteiger charge is -2.42. The predicted molar refractivity (Wildman–Crippen MR) is 90.2 cm³/mol. The molecule has 0 aliphatic carbocycles. The average molecular weight is 316 g/mol. The molecule has 0 radical (unpaired) electrons. The van der Waals surface area contributed by atoms with Crippen LogP contribution in [0.4, 0.5) is 5.69 Å². The van der Waals surface area contributed by atoms with Crippen LogP contribution in [0.25, 0.3) is 0 Å². The number of hydrogen-bond acceptors (Lipinski definition) is 2. The first kappa shape index (κ1) is 16.7. The van der Waals surface area contributed by atoms with Gasteiger partial charge in [-0.1, -0.05) is 37.8 Å². The second-order valence-electron chi connectivity index (χ2n) is 6.82. The Morgan fingerprint density at radius 1 is 1.00 bits per heavy atom. The van der Waals surface area contributed by atoms with E-state index >= 15 is 0 Å². The number of hydrogen-bond donors (Lipinski definition) is 0. The third-order valence-electron chi connectivity index (χ3n) is 2.44. The van der Waals surface area contributed by atoms with E-state index in [9.17, 15) is 4.57 Å². The SMILES string of the molecule is C[Si](C)(C)OP(C)(=O)N(c1ccccc1)[Si](C)(C)C. The van der Waals surface area contributed by atoms with Gasteiger partial charge >= 0.3 is 0 Å². The summed E-state index contributed by atoms with van der Waals surface area (Å²) in [6.45, 7) is 14.6. The Morgan fingerprint density at radius 2 is 1.47 bits per heavy atom. The lowest BCUT2D eigenvalue weighted by molar-refractivity contribution is 0.488. The van der Waals surface area contributed by atoms with Gasteiger partial charge in [-0.05, 0) is 31.8 Å². The van der Waals surface area contributed by atoms with Crippen molar-refractivity contribution in [2.45, 2.75) is 39.3 Å². The number of nitrogens with zero attached hydrogens (tertiary/aromatic N) is 1. The van der Waals surface area contributed by atoms with Crippen LogP contribution < -0.4 is 4.34 Å². The highest BCUT2D eigenvalue weighted by molar-refractivity contribution is 7.64. The second kappa shape index (κ2) is 5.56. The van der Waals surface area contributed by atoms with Crippen LogP contribution in [-0.4, -0.2) is 23.2 Å². The Labute approximate surface area is 119 Å². The van der Waals surface area contributed by atoms with Gasteiger partial charge in [0.2, 0.25) is 0 Å². The van der Waals surface area contributed by atoms with Crippen LogP contribution in [0, 0.1) is 0 Å². The summed E-state index contributed by atoms with van der Waals surface area (Å²) in [5.74, 6) is 0. The molecule has 1 atom stereocenters. The van der Waals surface area contributed by atoms with Gasteiger partial charge in [0, 0.05) is 12.4 Å². The van der Waals surface area contributed by atoms with Crippen LogP contribution >= 0.6 is 7.52 Å². The Bertz CT molecular complexity index is 466. The number of para-hydroxylation sites is 1. The summed E-state index contributed by atoms with van der Waals surface area (Å²) in [6.07, 6.45) is 0. The van der Waals surface area contributed by atoms with Crippen LogP contribution in [0.5, 0.6) is 0 Å². The Balaban J connectivity index is 3.24. The fourth-order valence-electron chi connectivity index (χ4n) is 2.26. The van der Waals surface area contributed by atoms with E-state index in [-0.39, 0.29) is 0 Å². The highest BCUT2D eigenvalue weighted by Crippen LogP contribution is 2.54. The van der Waals surface area contributed by atoms with E-state index in [4.69, 9.17) is 4.21 Å². The fraction of sp³-hybridized carbons (Fsp3) is 0.538. The summed E-state index contributed by atoms with van der Waals surface area (Å²) in [6, 6.07) is 9.98. The molecular weight excluding hydrogens is 289 g/mol. The lowest BCUT2D eigenvalue weighted by Crippen LogP contribution is -2.45. The molecule has 1 aromatic carbocycles. The average Bonchev–Trinajstić information content (AvgIpc) is 2.11. The largest absolute Gasteiger partial charge is 0.356 e. The molecule has 0 aromatic heterocycles. The van der Waals surface area contributed by atoms with Crippen molar-refractivity contribution in [3.05, 3.63) is 30.3 Å². The van der Waals surface area contributed by atoms with Gasteiger partial charge < -0.3 is 8.55 Å². The molecule has 1 aromatic rings. The first-order chi connectivity index (χ1) is 8.43. The van der Waals surface area contributed by atoms with Crippen LogP contribution in [0.15, 0.2) is 30.3 Å². The molecule has 19 heavy (non-hydrogen) atoms. The normalized spacial score (nSPS) is 15.9. The van der Waals surface area contributed by atoms with E-state index in [0.29, 0.717) is 0 Å². The molecule has 1 unspecified atom stereocenters. The summed E-state index contributed by atoms with van der Waals surface area (Å²) in [7, 11) is -6.46. The topological polar surface area (TPSA) is 29.5 Å². The van der Waals surface area contributed by atoms with Crippen molar-refractivity contribution in [3.8, 4) is 0 Å². The summed E-state index contributed by atoms with van der Waals surface area (Å²) in [5, 5.41) is 0. The van der Waals surface area contributed by atoms with Gasteiger partial charge in [0.25, 0.3) is 7.52 Å². The summed E-state index contributed by atoms with van der Waals surface area (Å²) >= 11 is 0. The van der Waals surface area contributed by atoms with Gasteiger partial charge in [-0.2, -0.15) is 0 Å². The van der Waals surface area contributed by atoms with Crippen molar-refractivity contribution in [1.29, 1.82) is 0 Å². The maximum atomic E-state index is 13.1. The zero-order valence-corrected chi connectivity index (χ0v) is 16.0. The zero-order valence-electron chi connectivity index (χ0n) is 13.1. The third-order valence-corrected chi connectivity index (χ3v) is 11.4. The molecule has 1 rings (SSSR count). The molecule has 108 valence electrons. The quantitative estimate of drug-likeness (QED) is 0.565. The second-order valence-corrected chi connectivity index (χ2v) is 19.0. The molecule has 0 fully saturated rings. The van der Waals surface area contributed by atoms with Crippen molar-refractivity contribution in [3.63, 3.8) is 0 Å². The molecule has 0 heterocycles. The summed E-state index contributed by atoms with van der Waals surface area (Å²) in [4.78, 5) is 0. The van der Waals surface area contributed by atoms with Gasteiger partial charge in [0.1, 0.15) is 0 Å². The summed E-state index contributed by atoms with van der Waals surface area (Å²) in [5.41, 5.74) is 1.01. The zero-order chi connectivity index (χ0) is 14.9. The Morgan fingerprint density at radius 3 is 1.84 bits per heavy atom. The smallest absolute Gasteiger partial charge is 0.276 e. The number of benzene rings is 1. The maximum absolute atomic E-state index is 13.1. The van der Waals surface area contributed by atoms with E-state index in [0.717, 1.165) is 5.69 Å². The minimum Gasteiger partial charge on any atom is -0.356 e. The predicted octanol–water partition coefficient (Wildman–Crippen LogP) is 5.00. The molecular formula is C13H26NO2PSi2. The molecule has 0 amide bonds. The van der Waals surface area contributed by atoms with Crippen molar-refractivity contribution in [2.75, 3.05) is 11.0 Å².